The quantitative estimate of drug-likeness (QED) is 0.799. The van der Waals surface area contributed by atoms with Crippen molar-refractivity contribution in [3.8, 4) is 11.3 Å². The molecule has 18 heavy (non-hydrogen) atoms. The van der Waals surface area contributed by atoms with Crippen LogP contribution in [-0.2, 0) is 5.66 Å². The zero-order valence-electron chi connectivity index (χ0n) is 10.0. The molecule has 94 valence electrons. The van der Waals surface area contributed by atoms with Gasteiger partial charge in [0, 0.05) is 10.2 Å². The lowest BCUT2D eigenvalue weighted by Gasteiger charge is -2.22. The molecule has 1 aliphatic rings. The lowest BCUT2D eigenvalue weighted by molar-refractivity contribution is 0.397. The van der Waals surface area contributed by atoms with E-state index in [0.717, 1.165) is 35.2 Å². The maximum absolute atomic E-state index is 6.35. The van der Waals surface area contributed by atoms with Crippen molar-refractivity contribution in [1.82, 2.24) is 10.3 Å². The van der Waals surface area contributed by atoms with Crippen LogP contribution in [0.25, 0.3) is 11.3 Å². The van der Waals surface area contributed by atoms with E-state index in [1.54, 1.807) is 0 Å². The molecule has 1 atom stereocenters. The molecule has 3 nitrogen and oxygen atoms in total. The molecule has 0 radical (unpaired) electrons. The van der Waals surface area contributed by atoms with Gasteiger partial charge in [0.1, 0.15) is 5.66 Å². The summed E-state index contributed by atoms with van der Waals surface area (Å²) in [5.41, 5.74) is 9.31. The number of rotatable bonds is 2. The molecule has 1 fully saturated rings. The number of hydrogen-bond acceptors (Lipinski definition) is 2. The summed E-state index contributed by atoms with van der Waals surface area (Å²) in [4.78, 5) is 3.43. The standard InChI is InChI=1S/C14H16BrN3/c15-11-4-2-10(3-5-11)12-6-7-13(18-12)14(16)8-1-9-17-14/h2-7,17-18H,1,8-9,16H2/t14-/m0/s1. The Bertz CT molecular complexity index is 538. The Kier molecular flexibility index (Phi) is 3.01. The molecule has 0 aliphatic carbocycles. The minimum Gasteiger partial charge on any atom is -0.356 e. The Morgan fingerprint density at radius 2 is 1.89 bits per heavy atom. The minimum atomic E-state index is -0.381. The summed E-state index contributed by atoms with van der Waals surface area (Å²) >= 11 is 3.45. The molecular weight excluding hydrogens is 290 g/mol. The third kappa shape index (κ3) is 2.11. The Hall–Kier alpha value is -1.10. The molecule has 4 heteroatoms. The molecule has 2 heterocycles. The normalized spacial score (nSPS) is 23.4. The maximum Gasteiger partial charge on any atom is 0.108 e. The topological polar surface area (TPSA) is 53.8 Å². The van der Waals surface area contributed by atoms with Crippen molar-refractivity contribution in [1.29, 1.82) is 0 Å². The van der Waals surface area contributed by atoms with E-state index in [0.29, 0.717) is 0 Å². The molecule has 0 spiro atoms. The van der Waals surface area contributed by atoms with Crippen LogP contribution in [0.15, 0.2) is 40.9 Å². The maximum atomic E-state index is 6.35. The lowest BCUT2D eigenvalue weighted by atomic mass is 10.1. The van der Waals surface area contributed by atoms with Gasteiger partial charge < -0.3 is 10.7 Å². The minimum absolute atomic E-state index is 0.381. The number of halogens is 1. The van der Waals surface area contributed by atoms with Crippen LogP contribution >= 0.6 is 15.9 Å². The summed E-state index contributed by atoms with van der Waals surface area (Å²) in [6.45, 7) is 0.989. The van der Waals surface area contributed by atoms with Gasteiger partial charge in [-0.1, -0.05) is 28.1 Å². The van der Waals surface area contributed by atoms with Crippen molar-refractivity contribution in [2.24, 2.45) is 5.73 Å². The molecule has 4 N–H and O–H groups in total. The first kappa shape index (κ1) is 12.0. The van der Waals surface area contributed by atoms with E-state index in [2.05, 4.69) is 50.5 Å². The zero-order valence-corrected chi connectivity index (χ0v) is 11.6. The van der Waals surface area contributed by atoms with Gasteiger partial charge in [0.05, 0.1) is 5.69 Å². The van der Waals surface area contributed by atoms with E-state index in [-0.39, 0.29) is 5.66 Å². The van der Waals surface area contributed by atoms with Gasteiger partial charge in [0.25, 0.3) is 0 Å². The van der Waals surface area contributed by atoms with E-state index in [4.69, 9.17) is 5.73 Å². The van der Waals surface area contributed by atoms with Gasteiger partial charge in [-0.05, 0) is 49.2 Å². The number of nitrogens with two attached hydrogens (primary N) is 1. The van der Waals surface area contributed by atoms with E-state index < -0.39 is 0 Å². The molecule has 1 aliphatic heterocycles. The highest BCUT2D eigenvalue weighted by atomic mass is 79.9. The van der Waals surface area contributed by atoms with Crippen LogP contribution in [0.4, 0.5) is 0 Å². The number of benzene rings is 1. The van der Waals surface area contributed by atoms with E-state index >= 15 is 0 Å². The first-order valence-electron chi connectivity index (χ1n) is 6.17. The summed E-state index contributed by atoms with van der Waals surface area (Å²) in [6.07, 6.45) is 2.11. The third-order valence-electron chi connectivity index (χ3n) is 3.51. The second kappa shape index (κ2) is 4.53. The fourth-order valence-corrected chi connectivity index (χ4v) is 2.71. The summed E-state index contributed by atoms with van der Waals surface area (Å²) in [5, 5.41) is 3.36. The molecule has 0 bridgehead atoms. The summed E-state index contributed by atoms with van der Waals surface area (Å²) in [5.74, 6) is 0. The van der Waals surface area contributed by atoms with Crippen LogP contribution < -0.4 is 11.1 Å². The largest absolute Gasteiger partial charge is 0.356 e. The smallest absolute Gasteiger partial charge is 0.108 e. The fraction of sp³-hybridized carbons (Fsp3) is 0.286. The SMILES string of the molecule is N[C@@]1(c2ccc(-c3ccc(Br)cc3)[nH]2)CCCN1. The van der Waals surface area contributed by atoms with Gasteiger partial charge in [-0.25, -0.2) is 0 Å². The van der Waals surface area contributed by atoms with E-state index in [1.165, 1.54) is 5.56 Å². The van der Waals surface area contributed by atoms with Crippen LogP contribution in [0, 0.1) is 0 Å². The van der Waals surface area contributed by atoms with Gasteiger partial charge in [-0.2, -0.15) is 0 Å². The molecule has 3 rings (SSSR count). The van der Waals surface area contributed by atoms with Gasteiger partial charge in [-0.15, -0.1) is 0 Å². The summed E-state index contributed by atoms with van der Waals surface area (Å²) < 4.78 is 1.09. The molecule has 0 amide bonds. The number of nitrogens with one attached hydrogen (secondary N) is 2. The number of hydrogen-bond donors (Lipinski definition) is 3. The predicted molar refractivity (Wildman–Crippen MR) is 77.0 cm³/mol. The Morgan fingerprint density at radius 3 is 2.56 bits per heavy atom. The molecule has 0 unspecified atom stereocenters. The Morgan fingerprint density at radius 1 is 1.11 bits per heavy atom. The van der Waals surface area contributed by atoms with Gasteiger partial charge in [0.15, 0.2) is 0 Å². The Labute approximate surface area is 115 Å². The van der Waals surface area contributed by atoms with Crippen LogP contribution in [0.1, 0.15) is 18.5 Å². The summed E-state index contributed by atoms with van der Waals surface area (Å²) in [6, 6.07) is 12.4. The lowest BCUT2D eigenvalue weighted by Crippen LogP contribution is -2.45. The van der Waals surface area contributed by atoms with Crippen LogP contribution in [0.5, 0.6) is 0 Å². The van der Waals surface area contributed by atoms with Crippen molar-refractivity contribution in [3.63, 3.8) is 0 Å². The van der Waals surface area contributed by atoms with Crippen LogP contribution in [0.3, 0.4) is 0 Å². The van der Waals surface area contributed by atoms with E-state index in [1.807, 2.05) is 12.1 Å². The monoisotopic (exact) mass is 305 g/mol. The highest BCUT2D eigenvalue weighted by Crippen LogP contribution is 2.28. The molecule has 1 aromatic heterocycles. The first-order valence-corrected chi connectivity index (χ1v) is 6.96. The van der Waals surface area contributed by atoms with Gasteiger partial charge in [-0.3, -0.25) is 5.32 Å². The van der Waals surface area contributed by atoms with Crippen molar-refractivity contribution in [2.45, 2.75) is 18.5 Å². The molecule has 0 saturated carbocycles. The van der Waals surface area contributed by atoms with Crippen LogP contribution in [0.2, 0.25) is 0 Å². The van der Waals surface area contributed by atoms with Gasteiger partial charge >= 0.3 is 0 Å². The van der Waals surface area contributed by atoms with Crippen LogP contribution in [-0.4, -0.2) is 11.5 Å². The number of H-pyrrole nitrogens is 1. The number of aromatic amines is 1. The third-order valence-corrected chi connectivity index (χ3v) is 4.04. The second-order valence-corrected chi connectivity index (χ2v) is 5.71. The molecule has 1 aromatic carbocycles. The van der Waals surface area contributed by atoms with Crippen molar-refractivity contribution in [2.75, 3.05) is 6.54 Å². The zero-order chi connectivity index (χ0) is 12.6. The predicted octanol–water partition coefficient (Wildman–Crippen LogP) is 2.94. The van der Waals surface area contributed by atoms with Crippen molar-refractivity contribution in [3.05, 3.63) is 46.6 Å². The van der Waals surface area contributed by atoms with Crippen molar-refractivity contribution < 1.29 is 0 Å². The fourth-order valence-electron chi connectivity index (χ4n) is 2.45. The molecule has 2 aromatic rings. The average molecular weight is 306 g/mol. The highest BCUT2D eigenvalue weighted by molar-refractivity contribution is 9.10. The number of aromatic nitrogens is 1. The van der Waals surface area contributed by atoms with Gasteiger partial charge in [0.2, 0.25) is 0 Å². The van der Waals surface area contributed by atoms with Crippen molar-refractivity contribution >= 4 is 15.9 Å². The average Bonchev–Trinajstić information content (AvgIpc) is 2.99. The second-order valence-electron chi connectivity index (χ2n) is 4.79. The molecule has 1 saturated heterocycles. The van der Waals surface area contributed by atoms with E-state index in [9.17, 15) is 0 Å². The summed E-state index contributed by atoms with van der Waals surface area (Å²) in [7, 11) is 0. The Balaban J connectivity index is 1.91. The first-order chi connectivity index (χ1) is 8.67. The highest BCUT2D eigenvalue weighted by Gasteiger charge is 2.31. The molecular formula is C14H16BrN3.